The second-order valence-corrected chi connectivity index (χ2v) is 18.5. The minimum Gasteiger partial charge on any atom is -0.462 e. The van der Waals surface area contributed by atoms with Crippen LogP contribution in [0.3, 0.4) is 0 Å². The number of carbonyl (C=O) groups excluding carboxylic acids is 3. The van der Waals surface area contributed by atoms with Crippen molar-refractivity contribution in [1.29, 1.82) is 0 Å². The predicted molar refractivity (Wildman–Crippen MR) is 279 cm³/mol. The molecule has 1 unspecified atom stereocenters. The monoisotopic (exact) mass is 909 g/mol. The van der Waals surface area contributed by atoms with Crippen LogP contribution in [0.25, 0.3) is 0 Å². The Labute approximate surface area is 402 Å². The Morgan fingerprint density at radius 3 is 1.02 bits per heavy atom. The van der Waals surface area contributed by atoms with Gasteiger partial charge in [0.25, 0.3) is 0 Å². The molecule has 0 aliphatic rings. The van der Waals surface area contributed by atoms with Gasteiger partial charge in [-0.25, -0.2) is 0 Å². The normalized spacial score (nSPS) is 12.5. The molecular weight excluding hydrogens is 805 g/mol. The first-order chi connectivity index (χ1) is 32.0. The first-order valence-electron chi connectivity index (χ1n) is 27.8. The molecule has 0 rings (SSSR count). The first kappa shape index (κ1) is 62.1. The van der Waals surface area contributed by atoms with Crippen LogP contribution in [-0.4, -0.2) is 37.2 Å². The van der Waals surface area contributed by atoms with Crippen LogP contribution >= 0.6 is 0 Å². The lowest BCUT2D eigenvalue weighted by Crippen LogP contribution is -2.30. The number of carbonyl (C=O) groups is 3. The Bertz CT molecular complexity index is 1180. The summed E-state index contributed by atoms with van der Waals surface area (Å²) in [5.74, 6) is -0.883. The van der Waals surface area contributed by atoms with Gasteiger partial charge in [-0.05, 0) is 77.0 Å². The lowest BCUT2D eigenvalue weighted by molar-refractivity contribution is -0.167. The molecule has 65 heavy (non-hydrogen) atoms. The molecule has 0 aromatic heterocycles. The molecule has 6 nitrogen and oxygen atoms in total. The maximum absolute atomic E-state index is 12.7. The molecule has 0 spiro atoms. The average molecular weight is 909 g/mol. The van der Waals surface area contributed by atoms with Gasteiger partial charge in [0.2, 0.25) is 0 Å². The number of hydrogen-bond donors (Lipinski definition) is 0. The summed E-state index contributed by atoms with van der Waals surface area (Å²) in [6, 6.07) is 0. The van der Waals surface area contributed by atoms with Gasteiger partial charge in [0.15, 0.2) is 6.10 Å². The molecular formula is C59H104O6. The van der Waals surface area contributed by atoms with Crippen molar-refractivity contribution in [3.05, 3.63) is 60.8 Å². The van der Waals surface area contributed by atoms with E-state index in [0.717, 1.165) is 103 Å². The quantitative estimate of drug-likeness (QED) is 0.0262. The van der Waals surface area contributed by atoms with Gasteiger partial charge in [0.05, 0.1) is 0 Å². The van der Waals surface area contributed by atoms with E-state index >= 15 is 0 Å². The van der Waals surface area contributed by atoms with E-state index in [9.17, 15) is 14.4 Å². The maximum atomic E-state index is 12.7. The smallest absolute Gasteiger partial charge is 0.306 e. The Kier molecular flexibility index (Phi) is 51.3. The zero-order valence-electron chi connectivity index (χ0n) is 43.0. The third-order valence-electron chi connectivity index (χ3n) is 12.0. The molecule has 0 aromatic rings. The number of allylic oxidation sites excluding steroid dienone is 10. The number of ether oxygens (including phenoxy) is 3. The summed E-state index contributed by atoms with van der Waals surface area (Å²) in [6.45, 7) is 6.44. The van der Waals surface area contributed by atoms with Crippen LogP contribution in [0.5, 0.6) is 0 Å². The van der Waals surface area contributed by atoms with Crippen molar-refractivity contribution < 1.29 is 28.6 Å². The van der Waals surface area contributed by atoms with Crippen molar-refractivity contribution >= 4 is 17.9 Å². The highest BCUT2D eigenvalue weighted by molar-refractivity contribution is 5.71. The molecule has 6 heteroatoms. The highest BCUT2D eigenvalue weighted by atomic mass is 16.6. The Balaban J connectivity index is 4.02. The van der Waals surface area contributed by atoms with Crippen LogP contribution in [0.4, 0.5) is 0 Å². The van der Waals surface area contributed by atoms with Gasteiger partial charge in [0.1, 0.15) is 13.2 Å². The van der Waals surface area contributed by atoms with Gasteiger partial charge in [-0.3, -0.25) is 14.4 Å². The highest BCUT2D eigenvalue weighted by Gasteiger charge is 2.19. The Hall–Kier alpha value is -2.89. The number of esters is 3. The topological polar surface area (TPSA) is 78.9 Å². The third kappa shape index (κ3) is 51.9. The summed E-state index contributed by atoms with van der Waals surface area (Å²) < 4.78 is 16.7. The van der Waals surface area contributed by atoms with E-state index in [-0.39, 0.29) is 31.1 Å². The zero-order valence-corrected chi connectivity index (χ0v) is 43.0. The fourth-order valence-corrected chi connectivity index (χ4v) is 7.85. The van der Waals surface area contributed by atoms with Gasteiger partial charge in [-0.1, -0.05) is 242 Å². The van der Waals surface area contributed by atoms with Crippen molar-refractivity contribution in [1.82, 2.24) is 0 Å². The molecule has 0 fully saturated rings. The van der Waals surface area contributed by atoms with E-state index in [2.05, 4.69) is 81.5 Å². The summed E-state index contributed by atoms with van der Waals surface area (Å²) in [6.07, 6.45) is 66.8. The number of unbranched alkanes of at least 4 members (excludes halogenated alkanes) is 29. The lowest BCUT2D eigenvalue weighted by Gasteiger charge is -2.18. The van der Waals surface area contributed by atoms with Crippen molar-refractivity contribution in [2.24, 2.45) is 0 Å². The van der Waals surface area contributed by atoms with E-state index in [4.69, 9.17) is 14.2 Å². The van der Waals surface area contributed by atoms with Gasteiger partial charge >= 0.3 is 17.9 Å². The molecule has 0 saturated heterocycles. The van der Waals surface area contributed by atoms with E-state index < -0.39 is 6.10 Å². The summed E-state index contributed by atoms with van der Waals surface area (Å²) >= 11 is 0. The molecule has 0 aliphatic carbocycles. The summed E-state index contributed by atoms with van der Waals surface area (Å²) in [4.78, 5) is 37.8. The summed E-state index contributed by atoms with van der Waals surface area (Å²) in [7, 11) is 0. The van der Waals surface area contributed by atoms with Crippen LogP contribution < -0.4 is 0 Å². The molecule has 0 heterocycles. The maximum Gasteiger partial charge on any atom is 0.306 e. The molecule has 0 bridgehead atoms. The number of rotatable bonds is 50. The molecule has 0 aromatic carbocycles. The lowest BCUT2D eigenvalue weighted by atomic mass is 10.0. The van der Waals surface area contributed by atoms with Crippen molar-refractivity contribution in [3.8, 4) is 0 Å². The molecule has 0 saturated carbocycles. The van der Waals surface area contributed by atoms with E-state index in [0.29, 0.717) is 19.3 Å². The van der Waals surface area contributed by atoms with Crippen molar-refractivity contribution in [2.75, 3.05) is 13.2 Å². The first-order valence-corrected chi connectivity index (χ1v) is 27.8. The minimum absolute atomic E-state index is 0.0744. The largest absolute Gasteiger partial charge is 0.462 e. The van der Waals surface area contributed by atoms with Crippen LogP contribution in [-0.2, 0) is 28.6 Å². The van der Waals surface area contributed by atoms with Crippen molar-refractivity contribution in [3.63, 3.8) is 0 Å². The zero-order chi connectivity index (χ0) is 47.2. The molecule has 376 valence electrons. The van der Waals surface area contributed by atoms with Crippen LogP contribution in [0.15, 0.2) is 60.8 Å². The van der Waals surface area contributed by atoms with E-state index in [1.165, 1.54) is 135 Å². The Morgan fingerprint density at radius 1 is 0.323 bits per heavy atom. The SMILES string of the molecule is CC/C=C\C/C=C\C/C=C\C/C=C\CCCCCCCCCCCCCCCCCCC(=O)OCC(COC(=O)CCCCCCCCCC)OC(=O)CCCCCCC/C=C\CCC. The number of hydrogen-bond acceptors (Lipinski definition) is 6. The fourth-order valence-electron chi connectivity index (χ4n) is 7.85. The molecule has 0 radical (unpaired) electrons. The second-order valence-electron chi connectivity index (χ2n) is 18.5. The van der Waals surface area contributed by atoms with E-state index in [1.54, 1.807) is 0 Å². The third-order valence-corrected chi connectivity index (χ3v) is 12.0. The van der Waals surface area contributed by atoms with Gasteiger partial charge in [-0.2, -0.15) is 0 Å². The Morgan fingerprint density at radius 2 is 0.631 bits per heavy atom. The average Bonchev–Trinajstić information content (AvgIpc) is 3.30. The van der Waals surface area contributed by atoms with Gasteiger partial charge in [0, 0.05) is 19.3 Å². The van der Waals surface area contributed by atoms with Crippen LogP contribution in [0, 0.1) is 0 Å². The van der Waals surface area contributed by atoms with E-state index in [1.807, 2.05) is 0 Å². The highest BCUT2D eigenvalue weighted by Crippen LogP contribution is 2.16. The summed E-state index contributed by atoms with van der Waals surface area (Å²) in [5, 5.41) is 0. The van der Waals surface area contributed by atoms with Crippen LogP contribution in [0.1, 0.15) is 278 Å². The fraction of sp³-hybridized carbons (Fsp3) is 0.780. The standard InChI is InChI=1S/C59H104O6/c1-4-7-10-13-16-19-21-22-23-24-25-26-27-28-29-30-31-32-33-34-35-36-37-38-39-41-43-46-49-52-58(61)64-55-56(54-63-57(60)51-48-45-42-18-15-12-9-6-3)65-59(62)53-50-47-44-40-20-17-14-11-8-5-2/h7,10-11,14,16,19,22-23,25-26,56H,4-6,8-9,12-13,15,17-18,20-21,24,27-55H2,1-3H3/b10-7-,14-11-,19-16-,23-22-,26-25-. The second kappa shape index (κ2) is 53.7. The predicted octanol–water partition coefficient (Wildman–Crippen LogP) is 18.4. The molecule has 1 atom stereocenters. The molecule has 0 amide bonds. The van der Waals surface area contributed by atoms with Crippen molar-refractivity contribution in [2.45, 2.75) is 284 Å². The van der Waals surface area contributed by atoms with Crippen LogP contribution in [0.2, 0.25) is 0 Å². The van der Waals surface area contributed by atoms with Gasteiger partial charge in [-0.15, -0.1) is 0 Å². The van der Waals surface area contributed by atoms with Gasteiger partial charge < -0.3 is 14.2 Å². The molecule has 0 aliphatic heterocycles. The minimum atomic E-state index is -0.772. The summed E-state index contributed by atoms with van der Waals surface area (Å²) in [5.41, 5.74) is 0. The molecule has 0 N–H and O–H groups in total.